The topological polar surface area (TPSA) is 52.0 Å². The Kier molecular flexibility index (Phi) is 2.38. The Labute approximate surface area is 138 Å². The van der Waals surface area contributed by atoms with E-state index in [0.29, 0.717) is 0 Å². The van der Waals surface area contributed by atoms with Gasteiger partial charge >= 0.3 is 0 Å². The summed E-state index contributed by atoms with van der Waals surface area (Å²) in [6.07, 6.45) is 0. The van der Waals surface area contributed by atoms with Gasteiger partial charge in [-0.1, -0.05) is 41.5 Å². The highest BCUT2D eigenvalue weighted by Gasteiger charge is 2.51. The van der Waals surface area contributed by atoms with Crippen molar-refractivity contribution in [3.8, 4) is 11.1 Å². The summed E-state index contributed by atoms with van der Waals surface area (Å²) in [7, 11) is 0. The Morgan fingerprint density at radius 1 is 0.565 bits per heavy atom. The van der Waals surface area contributed by atoms with Gasteiger partial charge in [0, 0.05) is 16.8 Å². The van der Waals surface area contributed by atoms with E-state index in [1.165, 1.54) is 33.4 Å². The van der Waals surface area contributed by atoms with E-state index in [-0.39, 0.29) is 16.2 Å². The van der Waals surface area contributed by atoms with Gasteiger partial charge in [0.15, 0.2) is 0 Å². The molecule has 0 radical (unpaired) electrons. The maximum Gasteiger partial charge on any atom is 0.0320 e. The predicted octanol–water partition coefficient (Wildman–Crippen LogP) is 4.73. The van der Waals surface area contributed by atoms with Crippen LogP contribution in [0.5, 0.6) is 0 Å². The average molecular weight is 306 g/mol. The highest BCUT2D eigenvalue weighted by Crippen LogP contribution is 2.62. The molecule has 0 heterocycles. The molecule has 2 aromatic rings. The molecule has 23 heavy (non-hydrogen) atoms. The first-order valence-electron chi connectivity index (χ1n) is 8.39. The highest BCUT2D eigenvalue weighted by atomic mass is 14.6. The Morgan fingerprint density at radius 3 is 1.22 bits per heavy atom. The first kappa shape index (κ1) is 14.6. The van der Waals surface area contributed by atoms with Crippen LogP contribution >= 0.6 is 0 Å². The maximum absolute atomic E-state index is 6.30. The third-order valence-electron chi connectivity index (χ3n) is 6.83. The fourth-order valence-corrected chi connectivity index (χ4v) is 4.66. The Morgan fingerprint density at radius 2 is 0.870 bits per heavy atom. The fourth-order valence-electron chi connectivity index (χ4n) is 4.66. The monoisotopic (exact) mass is 306 g/mol. The zero-order valence-corrected chi connectivity index (χ0v) is 15.0. The van der Waals surface area contributed by atoms with Gasteiger partial charge in [-0.2, -0.15) is 0 Å². The molecule has 2 heteroatoms. The molecule has 0 unspecified atom stereocenters. The second-order valence-electron chi connectivity index (χ2n) is 8.86. The minimum absolute atomic E-state index is 0.00898. The number of benzene rings is 2. The molecule has 120 valence electrons. The van der Waals surface area contributed by atoms with Crippen molar-refractivity contribution in [2.75, 3.05) is 11.5 Å². The molecule has 0 bridgehead atoms. The van der Waals surface area contributed by atoms with Gasteiger partial charge in [-0.25, -0.2) is 0 Å². The lowest BCUT2D eigenvalue weighted by molar-refractivity contribution is 0.299. The lowest BCUT2D eigenvalue weighted by Gasteiger charge is -2.48. The van der Waals surface area contributed by atoms with Crippen molar-refractivity contribution in [3.63, 3.8) is 0 Å². The van der Waals surface area contributed by atoms with Crippen molar-refractivity contribution in [1.29, 1.82) is 0 Å². The Hall–Kier alpha value is -1.96. The maximum atomic E-state index is 6.30. The average Bonchev–Trinajstić information content (AvgIpc) is 2.65. The number of nitrogen functional groups attached to an aromatic ring is 2. The molecule has 0 aliphatic heterocycles. The summed E-state index contributed by atoms with van der Waals surface area (Å²) in [5, 5.41) is 0. The highest BCUT2D eigenvalue weighted by molar-refractivity contribution is 5.91. The summed E-state index contributed by atoms with van der Waals surface area (Å²) >= 11 is 0. The number of anilines is 2. The van der Waals surface area contributed by atoms with E-state index in [1.807, 2.05) is 0 Å². The Bertz CT molecular complexity index is 798. The third-order valence-corrected chi connectivity index (χ3v) is 6.83. The van der Waals surface area contributed by atoms with Crippen LogP contribution < -0.4 is 11.5 Å². The first-order valence-corrected chi connectivity index (χ1v) is 8.39. The van der Waals surface area contributed by atoms with Gasteiger partial charge in [0.1, 0.15) is 0 Å². The fraction of sp³-hybridized carbons (Fsp3) is 0.429. The minimum Gasteiger partial charge on any atom is -0.399 e. The minimum atomic E-state index is -0.0601. The molecule has 2 nitrogen and oxygen atoms in total. The van der Waals surface area contributed by atoms with Crippen LogP contribution in [0.4, 0.5) is 11.4 Å². The molecule has 0 amide bonds. The Balaban J connectivity index is 2.29. The molecule has 2 aromatic carbocycles. The van der Waals surface area contributed by atoms with Crippen LogP contribution in [0.15, 0.2) is 24.3 Å². The quantitative estimate of drug-likeness (QED) is 0.692. The molecule has 0 saturated heterocycles. The van der Waals surface area contributed by atoms with Gasteiger partial charge in [-0.15, -0.1) is 0 Å². The first-order chi connectivity index (χ1) is 10.5. The zero-order chi connectivity index (χ0) is 16.9. The van der Waals surface area contributed by atoms with Crippen LogP contribution in [-0.2, 0) is 16.2 Å². The van der Waals surface area contributed by atoms with Crippen LogP contribution in [0.3, 0.4) is 0 Å². The molecule has 4 rings (SSSR count). The van der Waals surface area contributed by atoms with E-state index < -0.39 is 0 Å². The van der Waals surface area contributed by atoms with Crippen molar-refractivity contribution in [2.24, 2.45) is 0 Å². The van der Waals surface area contributed by atoms with Crippen LogP contribution in [0, 0.1) is 0 Å². The molecular weight excluding hydrogens is 280 g/mol. The molecule has 0 atom stereocenters. The van der Waals surface area contributed by atoms with Gasteiger partial charge in [-0.3, -0.25) is 0 Å². The molecule has 0 spiro atoms. The molecule has 2 aliphatic carbocycles. The summed E-state index contributed by atoms with van der Waals surface area (Å²) < 4.78 is 0. The van der Waals surface area contributed by atoms with Gasteiger partial charge in [0.05, 0.1) is 0 Å². The van der Waals surface area contributed by atoms with E-state index in [9.17, 15) is 0 Å². The summed E-state index contributed by atoms with van der Waals surface area (Å²) in [6.45, 7) is 13.9. The van der Waals surface area contributed by atoms with Crippen molar-refractivity contribution in [1.82, 2.24) is 0 Å². The predicted molar refractivity (Wildman–Crippen MR) is 98.9 cm³/mol. The lowest BCUT2D eigenvalue weighted by atomic mass is 9.55. The van der Waals surface area contributed by atoms with E-state index in [1.54, 1.807) is 0 Å². The number of rotatable bonds is 0. The second-order valence-corrected chi connectivity index (χ2v) is 8.86. The van der Waals surface area contributed by atoms with E-state index in [4.69, 9.17) is 11.5 Å². The van der Waals surface area contributed by atoms with Crippen molar-refractivity contribution in [3.05, 3.63) is 46.5 Å². The van der Waals surface area contributed by atoms with Gasteiger partial charge < -0.3 is 11.5 Å². The lowest BCUT2D eigenvalue weighted by Crippen LogP contribution is -2.43. The summed E-state index contributed by atoms with van der Waals surface area (Å²) in [4.78, 5) is 0. The third kappa shape index (κ3) is 1.45. The summed E-state index contributed by atoms with van der Waals surface area (Å²) in [5.74, 6) is 0. The van der Waals surface area contributed by atoms with Crippen molar-refractivity contribution in [2.45, 2.75) is 57.8 Å². The molecule has 2 aliphatic rings. The smallest absolute Gasteiger partial charge is 0.0320 e. The molecule has 4 N–H and O–H groups in total. The standard InChI is InChI=1S/C21H26N2/c1-19(2)13-7-11(22)9-15-17(13)18-14(19)8-12(23)10-16(18)21(5,6)20(15,3)4/h7-10H,22-23H2,1-6H3. The van der Waals surface area contributed by atoms with E-state index in [2.05, 4.69) is 65.8 Å². The summed E-state index contributed by atoms with van der Waals surface area (Å²) in [5.41, 5.74) is 22.5. The number of nitrogens with two attached hydrogens (primary N) is 2. The molecule has 0 saturated carbocycles. The van der Waals surface area contributed by atoms with Crippen LogP contribution in [0.1, 0.15) is 63.8 Å². The molecular formula is C21H26N2. The number of hydrogen-bond acceptors (Lipinski definition) is 2. The molecule has 0 aromatic heterocycles. The largest absolute Gasteiger partial charge is 0.399 e. The van der Waals surface area contributed by atoms with Crippen LogP contribution in [0.2, 0.25) is 0 Å². The second kappa shape index (κ2) is 3.75. The normalized spacial score (nSPS) is 21.1. The van der Waals surface area contributed by atoms with E-state index in [0.717, 1.165) is 11.4 Å². The van der Waals surface area contributed by atoms with Crippen LogP contribution in [-0.4, -0.2) is 0 Å². The summed E-state index contributed by atoms with van der Waals surface area (Å²) in [6, 6.07) is 8.69. The van der Waals surface area contributed by atoms with Crippen molar-refractivity contribution >= 4 is 11.4 Å². The van der Waals surface area contributed by atoms with E-state index >= 15 is 0 Å². The van der Waals surface area contributed by atoms with Gasteiger partial charge in [0.2, 0.25) is 0 Å². The van der Waals surface area contributed by atoms with Crippen molar-refractivity contribution < 1.29 is 0 Å². The van der Waals surface area contributed by atoms with Gasteiger partial charge in [0.25, 0.3) is 0 Å². The SMILES string of the molecule is CC1(C)c2cc(N)cc3c2-c2c1cc(N)cc2C(C)(C)C3(C)C. The van der Waals surface area contributed by atoms with Crippen LogP contribution in [0.25, 0.3) is 11.1 Å². The van der Waals surface area contributed by atoms with Gasteiger partial charge in [-0.05, 0) is 68.5 Å². The zero-order valence-electron chi connectivity index (χ0n) is 15.0. The number of hydrogen-bond donors (Lipinski definition) is 2. The molecule has 0 fully saturated rings.